The van der Waals surface area contributed by atoms with Crippen molar-refractivity contribution in [2.75, 3.05) is 7.11 Å². The van der Waals surface area contributed by atoms with Gasteiger partial charge in [-0.15, -0.1) is 0 Å². The number of amides is 2. The summed E-state index contributed by atoms with van der Waals surface area (Å²) in [5, 5.41) is 3.05. The van der Waals surface area contributed by atoms with Crippen LogP contribution in [0.5, 0.6) is 5.75 Å². The first-order chi connectivity index (χ1) is 14.3. The van der Waals surface area contributed by atoms with Gasteiger partial charge in [-0.3, -0.25) is 9.59 Å². The summed E-state index contributed by atoms with van der Waals surface area (Å²) in [5.41, 5.74) is 0.928. The van der Waals surface area contributed by atoms with E-state index in [0.29, 0.717) is 12.2 Å². The lowest BCUT2D eigenvalue weighted by atomic mass is 10.1. The van der Waals surface area contributed by atoms with E-state index in [2.05, 4.69) is 5.32 Å². The molecule has 0 aromatic heterocycles. The van der Waals surface area contributed by atoms with E-state index in [0.717, 1.165) is 5.56 Å². The van der Waals surface area contributed by atoms with E-state index >= 15 is 0 Å². The Hall–Kier alpha value is -2.60. The van der Waals surface area contributed by atoms with Gasteiger partial charge in [-0.1, -0.05) is 36.7 Å². The molecule has 1 N–H and O–H groups in total. The van der Waals surface area contributed by atoms with Crippen molar-refractivity contribution in [1.82, 2.24) is 10.2 Å². The summed E-state index contributed by atoms with van der Waals surface area (Å²) in [4.78, 5) is 27.5. The average molecular weight is 435 g/mol. The molecule has 0 radical (unpaired) electrons. The molecule has 0 saturated heterocycles. The number of rotatable bonds is 9. The normalized spacial score (nSPS) is 11.8. The zero-order chi connectivity index (χ0) is 22.3. The van der Waals surface area contributed by atoms with E-state index in [1.807, 2.05) is 39.0 Å². The molecule has 2 aromatic rings. The molecule has 2 rings (SSSR count). The number of hydrogen-bond donors (Lipinski definition) is 1. The molecule has 0 aliphatic carbocycles. The zero-order valence-electron chi connectivity index (χ0n) is 17.7. The van der Waals surface area contributed by atoms with Gasteiger partial charge in [0.2, 0.25) is 11.8 Å². The van der Waals surface area contributed by atoms with Crippen molar-refractivity contribution in [2.24, 2.45) is 0 Å². The Morgan fingerprint density at radius 3 is 2.50 bits per heavy atom. The number of nitrogens with zero attached hydrogens (tertiary/aromatic N) is 1. The summed E-state index contributed by atoms with van der Waals surface area (Å²) in [7, 11) is 1.56. The monoisotopic (exact) mass is 434 g/mol. The van der Waals surface area contributed by atoms with E-state index in [1.165, 1.54) is 17.0 Å². The number of ether oxygens (including phenoxy) is 1. The molecule has 0 saturated carbocycles. The average Bonchev–Trinajstić information content (AvgIpc) is 2.70. The minimum absolute atomic E-state index is 0.0682. The number of nitrogens with one attached hydrogen (secondary N) is 1. The molecular formula is C23H28ClFN2O3. The lowest BCUT2D eigenvalue weighted by Gasteiger charge is -2.31. The highest BCUT2D eigenvalue weighted by molar-refractivity contribution is 6.31. The Morgan fingerprint density at radius 1 is 1.20 bits per heavy atom. The van der Waals surface area contributed by atoms with Crippen molar-refractivity contribution in [3.8, 4) is 5.75 Å². The van der Waals surface area contributed by atoms with Crippen LogP contribution in [-0.2, 0) is 22.6 Å². The topological polar surface area (TPSA) is 58.6 Å². The van der Waals surface area contributed by atoms with Crippen molar-refractivity contribution < 1.29 is 18.7 Å². The Balaban J connectivity index is 2.37. The van der Waals surface area contributed by atoms with Crippen molar-refractivity contribution in [1.29, 1.82) is 0 Å². The fourth-order valence-corrected chi connectivity index (χ4v) is 3.45. The van der Waals surface area contributed by atoms with Gasteiger partial charge < -0.3 is 15.0 Å². The lowest BCUT2D eigenvalue weighted by molar-refractivity contribution is -0.141. The predicted octanol–water partition coefficient (Wildman–Crippen LogP) is 4.36. The van der Waals surface area contributed by atoms with Gasteiger partial charge in [0.1, 0.15) is 17.6 Å². The number of methoxy groups -OCH3 is 1. The minimum Gasteiger partial charge on any atom is -0.497 e. The summed E-state index contributed by atoms with van der Waals surface area (Å²) < 4.78 is 19.5. The molecular weight excluding hydrogens is 407 g/mol. The molecule has 30 heavy (non-hydrogen) atoms. The predicted molar refractivity (Wildman–Crippen MR) is 116 cm³/mol. The first-order valence-electron chi connectivity index (χ1n) is 9.92. The zero-order valence-corrected chi connectivity index (χ0v) is 18.5. The van der Waals surface area contributed by atoms with Gasteiger partial charge in [-0.25, -0.2) is 4.39 Å². The second-order valence-electron chi connectivity index (χ2n) is 7.34. The number of carbonyl (C=O) groups is 2. The lowest BCUT2D eigenvalue weighted by Crippen LogP contribution is -2.50. The van der Waals surface area contributed by atoms with E-state index < -0.39 is 11.9 Å². The summed E-state index contributed by atoms with van der Waals surface area (Å²) in [6.07, 6.45) is 0.181. The molecule has 0 heterocycles. The molecule has 5 nitrogen and oxygen atoms in total. The molecule has 0 bridgehead atoms. The van der Waals surface area contributed by atoms with E-state index in [9.17, 15) is 14.0 Å². The fourth-order valence-electron chi connectivity index (χ4n) is 3.22. The van der Waals surface area contributed by atoms with Gasteiger partial charge in [-0.05, 0) is 50.1 Å². The number of benzene rings is 2. The SMILES string of the molecule is CCC(C(=O)NC(C)C)N(Cc1cccc(OC)c1)C(=O)Cc1c(F)cccc1Cl. The van der Waals surface area contributed by atoms with Crippen LogP contribution in [0.2, 0.25) is 5.02 Å². The molecule has 7 heteroatoms. The first-order valence-corrected chi connectivity index (χ1v) is 10.3. The maximum Gasteiger partial charge on any atom is 0.243 e. The third-order valence-corrected chi connectivity index (χ3v) is 5.05. The van der Waals surface area contributed by atoms with E-state index in [1.54, 1.807) is 19.2 Å². The van der Waals surface area contributed by atoms with E-state index in [-0.39, 0.29) is 41.4 Å². The smallest absolute Gasteiger partial charge is 0.243 e. The highest BCUT2D eigenvalue weighted by Gasteiger charge is 2.30. The summed E-state index contributed by atoms with van der Waals surface area (Å²) >= 11 is 6.12. The van der Waals surface area contributed by atoms with Crippen LogP contribution in [0.1, 0.15) is 38.3 Å². The largest absolute Gasteiger partial charge is 0.497 e. The Bertz CT molecular complexity index is 868. The minimum atomic E-state index is -0.698. The van der Waals surface area contributed by atoms with Gasteiger partial charge in [0.05, 0.1) is 13.5 Å². The van der Waals surface area contributed by atoms with Crippen molar-refractivity contribution in [2.45, 2.75) is 52.2 Å². The van der Waals surface area contributed by atoms with Gasteiger partial charge in [-0.2, -0.15) is 0 Å². The molecule has 2 aromatic carbocycles. The van der Waals surface area contributed by atoms with Crippen LogP contribution < -0.4 is 10.1 Å². The second kappa shape index (κ2) is 11.0. The van der Waals surface area contributed by atoms with Crippen molar-refractivity contribution in [3.63, 3.8) is 0 Å². The van der Waals surface area contributed by atoms with Crippen LogP contribution in [-0.4, -0.2) is 35.9 Å². The Morgan fingerprint density at radius 2 is 1.90 bits per heavy atom. The highest BCUT2D eigenvalue weighted by Crippen LogP contribution is 2.23. The molecule has 1 atom stereocenters. The second-order valence-corrected chi connectivity index (χ2v) is 7.74. The van der Waals surface area contributed by atoms with Gasteiger partial charge in [0.15, 0.2) is 0 Å². The molecule has 0 aliphatic heterocycles. The van der Waals surface area contributed by atoms with Crippen LogP contribution in [0.3, 0.4) is 0 Å². The molecule has 1 unspecified atom stereocenters. The Kier molecular flexibility index (Phi) is 8.66. The van der Waals surface area contributed by atoms with Crippen LogP contribution in [0.25, 0.3) is 0 Å². The summed E-state index contributed by atoms with van der Waals surface area (Å²) in [5.74, 6) is -0.521. The van der Waals surface area contributed by atoms with Crippen molar-refractivity contribution >= 4 is 23.4 Å². The quantitative estimate of drug-likeness (QED) is 0.637. The van der Waals surface area contributed by atoms with Gasteiger partial charge in [0.25, 0.3) is 0 Å². The third-order valence-electron chi connectivity index (χ3n) is 4.69. The molecule has 162 valence electrons. The number of halogens is 2. The standard InChI is InChI=1S/C23H28ClFN2O3/c1-5-21(23(29)26-15(2)3)27(14-16-8-6-9-17(12-16)30-4)22(28)13-18-19(24)10-7-11-20(18)25/h6-12,15,21H,5,13-14H2,1-4H3,(H,26,29). The van der Waals surface area contributed by atoms with Crippen LogP contribution >= 0.6 is 11.6 Å². The fraction of sp³-hybridized carbons (Fsp3) is 0.391. The van der Waals surface area contributed by atoms with Crippen LogP contribution in [0.4, 0.5) is 4.39 Å². The van der Waals surface area contributed by atoms with Gasteiger partial charge in [0, 0.05) is 23.2 Å². The number of hydrogen-bond acceptors (Lipinski definition) is 3. The third kappa shape index (κ3) is 6.20. The summed E-state index contributed by atoms with van der Waals surface area (Å²) in [6.45, 7) is 5.74. The van der Waals surface area contributed by atoms with E-state index in [4.69, 9.17) is 16.3 Å². The molecule has 0 aliphatic rings. The van der Waals surface area contributed by atoms with Crippen LogP contribution in [0.15, 0.2) is 42.5 Å². The maximum absolute atomic E-state index is 14.3. The maximum atomic E-state index is 14.3. The molecule has 2 amide bonds. The molecule has 0 fully saturated rings. The number of carbonyl (C=O) groups excluding carboxylic acids is 2. The first kappa shape index (κ1) is 23.7. The van der Waals surface area contributed by atoms with Crippen molar-refractivity contribution in [3.05, 3.63) is 64.4 Å². The van der Waals surface area contributed by atoms with Gasteiger partial charge >= 0.3 is 0 Å². The summed E-state index contributed by atoms with van der Waals surface area (Å²) in [6, 6.07) is 10.8. The Labute approximate surface area is 182 Å². The molecule has 0 spiro atoms. The highest BCUT2D eigenvalue weighted by atomic mass is 35.5. The van der Waals surface area contributed by atoms with Crippen LogP contribution in [0, 0.1) is 5.82 Å².